The Morgan fingerprint density at radius 2 is 1.23 bits per heavy atom. The number of amides is 2. The van der Waals surface area contributed by atoms with E-state index < -0.39 is 0 Å². The third kappa shape index (κ3) is 10.5. The Bertz CT molecular complexity index is 507. The van der Waals surface area contributed by atoms with Gasteiger partial charge in [-0.05, 0) is 12.1 Å². The van der Waals surface area contributed by atoms with E-state index in [0.29, 0.717) is 26.2 Å². The minimum atomic E-state index is -0.280. The largest absolute Gasteiger partial charge is 0.350 e. The molecule has 1 aromatic rings. The minimum Gasteiger partial charge on any atom is -0.350 e. The summed E-state index contributed by atoms with van der Waals surface area (Å²) in [6.07, 6.45) is 0. The van der Waals surface area contributed by atoms with Crippen LogP contribution in [-0.4, -0.2) is 66.0 Å². The molecule has 146 valence electrons. The highest BCUT2D eigenvalue weighted by Gasteiger charge is 2.11. The molecule has 0 aliphatic rings. The van der Waals surface area contributed by atoms with E-state index in [9.17, 15) is 9.59 Å². The maximum Gasteiger partial charge on any atom is 0.269 e. The van der Waals surface area contributed by atoms with Gasteiger partial charge in [0.25, 0.3) is 11.8 Å². The molecule has 6 N–H and O–H groups in total. The van der Waals surface area contributed by atoms with Crippen molar-refractivity contribution in [1.82, 2.24) is 15.6 Å². The first-order chi connectivity index (χ1) is 12.7. The summed E-state index contributed by atoms with van der Waals surface area (Å²) in [5.41, 5.74) is 11.3. The fourth-order valence-corrected chi connectivity index (χ4v) is 5.14. The highest BCUT2D eigenvalue weighted by atomic mass is 33.1. The van der Waals surface area contributed by atoms with Crippen LogP contribution in [0.5, 0.6) is 0 Å². The maximum atomic E-state index is 12.1. The molecule has 11 heteroatoms. The molecular weight excluding hydrogens is 410 g/mol. The van der Waals surface area contributed by atoms with Crippen LogP contribution in [0.25, 0.3) is 0 Å². The molecule has 0 bridgehead atoms. The summed E-state index contributed by atoms with van der Waals surface area (Å²) < 4.78 is 0. The predicted octanol–water partition coefficient (Wildman–Crippen LogP) is 1.22. The van der Waals surface area contributed by atoms with Crippen LogP contribution in [-0.2, 0) is 0 Å². The molecule has 0 saturated carbocycles. The Kier molecular flexibility index (Phi) is 13.9. The van der Waals surface area contributed by atoms with Gasteiger partial charge >= 0.3 is 0 Å². The van der Waals surface area contributed by atoms with E-state index in [-0.39, 0.29) is 23.2 Å². The van der Waals surface area contributed by atoms with Gasteiger partial charge in [0, 0.05) is 49.2 Å². The van der Waals surface area contributed by atoms with Crippen LogP contribution in [0.15, 0.2) is 18.2 Å². The van der Waals surface area contributed by atoms with Crippen LogP contribution in [0.3, 0.4) is 0 Å². The van der Waals surface area contributed by atoms with Crippen molar-refractivity contribution in [3.63, 3.8) is 0 Å². The Morgan fingerprint density at radius 3 is 1.65 bits per heavy atom. The summed E-state index contributed by atoms with van der Waals surface area (Å²) in [7, 11) is 6.70. The van der Waals surface area contributed by atoms with Crippen molar-refractivity contribution < 1.29 is 9.59 Å². The first-order valence-electron chi connectivity index (χ1n) is 8.11. The van der Waals surface area contributed by atoms with Crippen molar-refractivity contribution >= 4 is 55.0 Å². The van der Waals surface area contributed by atoms with Crippen LogP contribution in [0, 0.1) is 0 Å². The maximum absolute atomic E-state index is 12.1. The zero-order valence-corrected chi connectivity index (χ0v) is 17.7. The average Bonchev–Trinajstić information content (AvgIpc) is 2.67. The van der Waals surface area contributed by atoms with Gasteiger partial charge in [0.05, 0.1) is 0 Å². The smallest absolute Gasteiger partial charge is 0.269 e. The summed E-state index contributed by atoms with van der Waals surface area (Å²) >= 11 is 0. The van der Waals surface area contributed by atoms with E-state index in [4.69, 9.17) is 11.5 Å². The number of carbonyl (C=O) groups excluding carboxylic acids is 2. The molecule has 0 aromatic carbocycles. The number of nitrogens with one attached hydrogen (secondary N) is 2. The fraction of sp³-hybridized carbons (Fsp3) is 0.533. The van der Waals surface area contributed by atoms with E-state index in [1.165, 1.54) is 0 Å². The van der Waals surface area contributed by atoms with Gasteiger partial charge in [0.1, 0.15) is 11.4 Å². The van der Waals surface area contributed by atoms with E-state index in [1.54, 1.807) is 61.4 Å². The molecular formula is C15H25N5O2S4. The average molecular weight is 436 g/mol. The topological polar surface area (TPSA) is 123 Å². The molecule has 1 rings (SSSR count). The number of pyridine rings is 1. The molecule has 0 fully saturated rings. The van der Waals surface area contributed by atoms with Crippen LogP contribution in [0.2, 0.25) is 0 Å². The molecule has 0 atom stereocenters. The quantitative estimate of drug-likeness (QED) is 0.252. The van der Waals surface area contributed by atoms with Gasteiger partial charge in [0.15, 0.2) is 0 Å². The number of nitrogens with zero attached hydrogens (tertiary/aromatic N) is 1. The number of aromatic nitrogens is 1. The fourth-order valence-electron chi connectivity index (χ4n) is 1.61. The normalized spacial score (nSPS) is 10.5. The second-order valence-electron chi connectivity index (χ2n) is 4.79. The molecule has 0 radical (unpaired) electrons. The summed E-state index contributed by atoms with van der Waals surface area (Å²) in [5, 5.41) is 5.60. The second kappa shape index (κ2) is 15.5. The van der Waals surface area contributed by atoms with E-state index in [0.717, 1.165) is 23.0 Å². The number of rotatable bonds is 14. The number of nitrogens with two attached hydrogens (primary N) is 2. The van der Waals surface area contributed by atoms with Gasteiger partial charge in [0.2, 0.25) is 0 Å². The van der Waals surface area contributed by atoms with Crippen molar-refractivity contribution in [2.24, 2.45) is 11.5 Å². The third-order valence-electron chi connectivity index (χ3n) is 2.73. The Labute approximate surface area is 170 Å². The zero-order chi connectivity index (χ0) is 19.0. The number of hydrogen-bond donors (Lipinski definition) is 4. The molecule has 0 aliphatic carbocycles. The van der Waals surface area contributed by atoms with Gasteiger partial charge in [-0.25, -0.2) is 4.98 Å². The third-order valence-corrected chi connectivity index (χ3v) is 7.60. The molecule has 0 unspecified atom stereocenters. The Morgan fingerprint density at radius 1 is 0.808 bits per heavy atom. The minimum absolute atomic E-state index is 0.241. The molecule has 1 aromatic heterocycles. The number of hydrogen-bond acceptors (Lipinski definition) is 9. The van der Waals surface area contributed by atoms with Crippen molar-refractivity contribution in [3.8, 4) is 0 Å². The van der Waals surface area contributed by atoms with E-state index in [1.807, 2.05) is 0 Å². The van der Waals surface area contributed by atoms with Gasteiger partial charge in [-0.2, -0.15) is 0 Å². The lowest BCUT2D eigenvalue weighted by Gasteiger charge is -2.07. The Balaban J connectivity index is 2.34. The molecule has 0 aliphatic heterocycles. The van der Waals surface area contributed by atoms with Crippen LogP contribution >= 0.6 is 43.2 Å². The van der Waals surface area contributed by atoms with Crippen molar-refractivity contribution in [2.45, 2.75) is 0 Å². The summed E-state index contributed by atoms with van der Waals surface area (Å²) in [6.45, 7) is 2.37. The first-order valence-corrected chi connectivity index (χ1v) is 13.1. The molecule has 0 saturated heterocycles. The van der Waals surface area contributed by atoms with Crippen LogP contribution < -0.4 is 22.1 Å². The van der Waals surface area contributed by atoms with Crippen LogP contribution in [0.4, 0.5) is 0 Å². The standard InChI is InChI=1S/C15H25N5O2S4/c16-4-8-23-25-10-6-18-14(21)12-2-1-3-13(20-12)15(22)19-7-11-26-24-9-5-17/h1-3H,4-11,16-17H2,(H,18,21)(H,19,22). The summed E-state index contributed by atoms with van der Waals surface area (Å²) in [4.78, 5) is 28.4. The molecule has 1 heterocycles. The van der Waals surface area contributed by atoms with Gasteiger partial charge in [-0.1, -0.05) is 49.2 Å². The molecule has 2 amide bonds. The lowest BCUT2D eigenvalue weighted by Crippen LogP contribution is -2.29. The highest BCUT2D eigenvalue weighted by Crippen LogP contribution is 2.19. The van der Waals surface area contributed by atoms with Gasteiger partial charge in [-0.15, -0.1) is 0 Å². The molecule has 7 nitrogen and oxygen atoms in total. The number of carbonyl (C=O) groups is 2. The predicted molar refractivity (Wildman–Crippen MR) is 117 cm³/mol. The van der Waals surface area contributed by atoms with E-state index >= 15 is 0 Å². The van der Waals surface area contributed by atoms with Crippen molar-refractivity contribution in [2.75, 3.05) is 49.2 Å². The first kappa shape index (κ1) is 23.4. The molecule has 0 spiro atoms. The van der Waals surface area contributed by atoms with Crippen LogP contribution in [0.1, 0.15) is 21.0 Å². The SMILES string of the molecule is NCCSSCCNC(=O)c1cccc(C(=O)NCCSSCCN)n1. The lowest BCUT2D eigenvalue weighted by molar-refractivity contribution is 0.0947. The van der Waals surface area contributed by atoms with Gasteiger partial charge in [-0.3, -0.25) is 9.59 Å². The van der Waals surface area contributed by atoms with Crippen molar-refractivity contribution in [1.29, 1.82) is 0 Å². The highest BCUT2D eigenvalue weighted by molar-refractivity contribution is 8.77. The summed E-state index contributed by atoms with van der Waals surface area (Å²) in [5.74, 6) is 2.80. The lowest BCUT2D eigenvalue weighted by atomic mass is 10.2. The van der Waals surface area contributed by atoms with Gasteiger partial charge < -0.3 is 22.1 Å². The van der Waals surface area contributed by atoms with Crippen molar-refractivity contribution in [3.05, 3.63) is 29.6 Å². The monoisotopic (exact) mass is 435 g/mol. The Hall–Kier alpha value is -0.590. The van der Waals surface area contributed by atoms with E-state index in [2.05, 4.69) is 15.6 Å². The molecule has 26 heavy (non-hydrogen) atoms. The zero-order valence-electron chi connectivity index (χ0n) is 14.4. The summed E-state index contributed by atoms with van der Waals surface area (Å²) in [6, 6.07) is 4.86. The second-order valence-corrected chi connectivity index (χ2v) is 10.2.